The maximum atomic E-state index is 3.47. The summed E-state index contributed by atoms with van der Waals surface area (Å²) in [5.41, 5.74) is 2.70. The van der Waals surface area contributed by atoms with Crippen molar-refractivity contribution in [1.29, 1.82) is 0 Å². The SMILES string of the molecule is Brc1ccc(-c2csc3[n+]2CCC3)cc1.[Br-]. The highest BCUT2D eigenvalue weighted by molar-refractivity contribution is 9.10. The molecule has 4 heteroatoms. The van der Waals surface area contributed by atoms with Gasteiger partial charge in [-0.25, -0.2) is 0 Å². The zero-order valence-corrected chi connectivity index (χ0v) is 12.6. The van der Waals surface area contributed by atoms with Gasteiger partial charge in [0.25, 0.3) is 0 Å². The summed E-state index contributed by atoms with van der Waals surface area (Å²) in [7, 11) is 0. The monoisotopic (exact) mass is 359 g/mol. The molecule has 1 aliphatic rings. The molecule has 2 heterocycles. The van der Waals surface area contributed by atoms with Crippen LogP contribution in [-0.4, -0.2) is 0 Å². The number of hydrogen-bond acceptors (Lipinski definition) is 1. The molecule has 1 aromatic heterocycles. The lowest BCUT2D eigenvalue weighted by Gasteiger charge is -1.96. The van der Waals surface area contributed by atoms with Gasteiger partial charge in [-0.3, -0.25) is 0 Å². The van der Waals surface area contributed by atoms with E-state index in [9.17, 15) is 0 Å². The molecule has 0 saturated carbocycles. The van der Waals surface area contributed by atoms with E-state index in [1.54, 1.807) is 0 Å². The van der Waals surface area contributed by atoms with E-state index in [-0.39, 0.29) is 17.0 Å². The van der Waals surface area contributed by atoms with Gasteiger partial charge in [-0.05, 0) is 24.3 Å². The maximum absolute atomic E-state index is 3.47. The Morgan fingerprint density at radius 1 is 1.19 bits per heavy atom. The van der Waals surface area contributed by atoms with Crippen LogP contribution >= 0.6 is 27.3 Å². The molecular weight excluding hydrogens is 350 g/mol. The lowest BCUT2D eigenvalue weighted by molar-refractivity contribution is -0.675. The molecular formula is C12H11Br2NS. The Labute approximate surface area is 118 Å². The largest absolute Gasteiger partial charge is 1.00 e. The van der Waals surface area contributed by atoms with Crippen molar-refractivity contribution in [2.75, 3.05) is 0 Å². The zero-order valence-electron chi connectivity index (χ0n) is 8.62. The second kappa shape index (κ2) is 4.98. The van der Waals surface area contributed by atoms with Gasteiger partial charge >= 0.3 is 0 Å². The van der Waals surface area contributed by atoms with Gasteiger partial charge in [-0.2, -0.15) is 4.57 Å². The summed E-state index contributed by atoms with van der Waals surface area (Å²) >= 11 is 5.36. The summed E-state index contributed by atoms with van der Waals surface area (Å²) in [5, 5.41) is 3.80. The topological polar surface area (TPSA) is 3.88 Å². The predicted octanol–water partition coefficient (Wildman–Crippen LogP) is 0.415. The minimum Gasteiger partial charge on any atom is -1.00 e. The van der Waals surface area contributed by atoms with Gasteiger partial charge < -0.3 is 17.0 Å². The van der Waals surface area contributed by atoms with Gasteiger partial charge in [0, 0.05) is 22.9 Å². The summed E-state index contributed by atoms with van der Waals surface area (Å²) in [6.07, 6.45) is 2.55. The Kier molecular flexibility index (Phi) is 3.82. The highest BCUT2D eigenvalue weighted by atomic mass is 79.9. The van der Waals surface area contributed by atoms with Gasteiger partial charge in [-0.1, -0.05) is 27.3 Å². The molecule has 1 aromatic carbocycles. The van der Waals surface area contributed by atoms with Crippen molar-refractivity contribution in [1.82, 2.24) is 0 Å². The molecule has 1 nitrogen and oxygen atoms in total. The average molecular weight is 361 g/mol. The fourth-order valence-corrected chi connectivity index (χ4v) is 3.41. The Balaban J connectivity index is 0.000000963. The van der Waals surface area contributed by atoms with E-state index in [4.69, 9.17) is 0 Å². The zero-order chi connectivity index (χ0) is 10.3. The normalized spacial score (nSPS) is 13.3. The van der Waals surface area contributed by atoms with E-state index in [0.717, 1.165) is 4.47 Å². The first-order valence-electron chi connectivity index (χ1n) is 5.11. The number of fused-ring (bicyclic) bond motifs is 1. The lowest BCUT2D eigenvalue weighted by Crippen LogP contribution is -3.00. The molecule has 0 unspecified atom stereocenters. The first-order chi connectivity index (χ1) is 7.34. The van der Waals surface area contributed by atoms with E-state index in [0.29, 0.717) is 0 Å². The van der Waals surface area contributed by atoms with Crippen LogP contribution in [0, 0.1) is 0 Å². The van der Waals surface area contributed by atoms with Crippen LogP contribution in [0.3, 0.4) is 0 Å². The van der Waals surface area contributed by atoms with Gasteiger partial charge in [0.15, 0.2) is 6.54 Å². The fourth-order valence-electron chi connectivity index (χ4n) is 2.06. The van der Waals surface area contributed by atoms with Gasteiger partial charge in [0.2, 0.25) is 10.7 Å². The molecule has 2 aromatic rings. The number of thiazole rings is 1. The van der Waals surface area contributed by atoms with Crippen LogP contribution in [0.1, 0.15) is 11.4 Å². The predicted molar refractivity (Wildman–Crippen MR) is 66.0 cm³/mol. The van der Waals surface area contributed by atoms with Crippen molar-refractivity contribution in [2.45, 2.75) is 19.4 Å². The summed E-state index contributed by atoms with van der Waals surface area (Å²) < 4.78 is 3.59. The Hall–Kier alpha value is -0.190. The molecule has 84 valence electrons. The number of benzene rings is 1. The maximum Gasteiger partial charge on any atom is 0.237 e. The summed E-state index contributed by atoms with van der Waals surface area (Å²) in [5.74, 6) is 0. The first kappa shape index (κ1) is 12.3. The molecule has 1 aliphatic heterocycles. The lowest BCUT2D eigenvalue weighted by atomic mass is 10.2. The van der Waals surface area contributed by atoms with Crippen molar-refractivity contribution in [2.24, 2.45) is 0 Å². The third-order valence-electron chi connectivity index (χ3n) is 2.81. The number of nitrogens with zero attached hydrogens (tertiary/aromatic N) is 1. The van der Waals surface area contributed by atoms with Crippen LogP contribution in [0.25, 0.3) is 11.3 Å². The molecule has 0 aliphatic carbocycles. The minimum atomic E-state index is 0. The quantitative estimate of drug-likeness (QED) is 0.649. The summed E-state index contributed by atoms with van der Waals surface area (Å²) in [6, 6.07) is 8.57. The number of halogens is 2. The summed E-state index contributed by atoms with van der Waals surface area (Å²) in [4.78, 5) is 0. The van der Waals surface area contributed by atoms with Crippen molar-refractivity contribution in [3.05, 3.63) is 39.1 Å². The number of hydrogen-bond donors (Lipinski definition) is 0. The molecule has 0 bridgehead atoms. The van der Waals surface area contributed by atoms with Crippen molar-refractivity contribution < 1.29 is 21.5 Å². The molecule has 0 fully saturated rings. The fraction of sp³-hybridized carbons (Fsp3) is 0.250. The van der Waals surface area contributed by atoms with Crippen molar-refractivity contribution >= 4 is 27.3 Å². The second-order valence-corrected chi connectivity index (χ2v) is 5.64. The smallest absolute Gasteiger partial charge is 0.237 e. The second-order valence-electron chi connectivity index (χ2n) is 3.78. The van der Waals surface area contributed by atoms with Gasteiger partial charge in [-0.15, -0.1) is 0 Å². The average Bonchev–Trinajstić information content (AvgIpc) is 2.80. The molecule has 16 heavy (non-hydrogen) atoms. The van der Waals surface area contributed by atoms with Crippen molar-refractivity contribution in [3.8, 4) is 11.3 Å². The third-order valence-corrected chi connectivity index (χ3v) is 4.38. The molecule has 0 radical (unpaired) electrons. The standard InChI is InChI=1S/C12H11BrNS.BrH/c13-10-5-3-9(4-6-10)11-8-15-12-2-1-7-14(11)12;/h3-6,8H,1-2,7H2;1H/q+1;/p-1. The van der Waals surface area contributed by atoms with E-state index >= 15 is 0 Å². The third kappa shape index (κ3) is 2.11. The first-order valence-corrected chi connectivity index (χ1v) is 6.78. The number of rotatable bonds is 1. The molecule has 0 amide bonds. The number of aryl methyl sites for hydroxylation is 1. The molecule has 0 atom stereocenters. The Bertz CT molecular complexity index is 490. The Morgan fingerprint density at radius 2 is 1.94 bits per heavy atom. The highest BCUT2D eigenvalue weighted by Crippen LogP contribution is 2.25. The summed E-state index contributed by atoms with van der Waals surface area (Å²) in [6.45, 7) is 1.18. The van der Waals surface area contributed by atoms with Crippen LogP contribution in [0.2, 0.25) is 0 Å². The molecule has 3 rings (SSSR count). The van der Waals surface area contributed by atoms with E-state index in [2.05, 4.69) is 50.1 Å². The minimum absolute atomic E-state index is 0. The van der Waals surface area contributed by atoms with Crippen LogP contribution in [0.4, 0.5) is 0 Å². The molecule has 0 N–H and O–H groups in total. The Morgan fingerprint density at radius 3 is 2.69 bits per heavy atom. The molecule has 0 spiro atoms. The van der Waals surface area contributed by atoms with Crippen LogP contribution in [0.15, 0.2) is 34.1 Å². The van der Waals surface area contributed by atoms with Gasteiger partial charge in [0.05, 0.1) is 5.38 Å². The van der Waals surface area contributed by atoms with E-state index in [1.807, 2.05) is 11.3 Å². The van der Waals surface area contributed by atoms with Crippen LogP contribution in [0.5, 0.6) is 0 Å². The highest BCUT2D eigenvalue weighted by Gasteiger charge is 2.26. The van der Waals surface area contributed by atoms with Gasteiger partial charge in [0.1, 0.15) is 0 Å². The van der Waals surface area contributed by atoms with E-state index in [1.165, 1.54) is 35.7 Å². The van der Waals surface area contributed by atoms with Crippen LogP contribution in [-0.2, 0) is 13.0 Å². The molecule has 0 saturated heterocycles. The van der Waals surface area contributed by atoms with Crippen LogP contribution < -0.4 is 21.5 Å². The van der Waals surface area contributed by atoms with Crippen molar-refractivity contribution in [3.63, 3.8) is 0 Å². The number of aromatic nitrogens is 1. The van der Waals surface area contributed by atoms with E-state index < -0.39 is 0 Å².